The lowest BCUT2D eigenvalue weighted by atomic mass is 10.1. The van der Waals surface area contributed by atoms with E-state index in [4.69, 9.17) is 16.3 Å². The molecule has 0 aliphatic carbocycles. The number of benzene rings is 3. The van der Waals surface area contributed by atoms with E-state index in [1.165, 1.54) is 0 Å². The van der Waals surface area contributed by atoms with Crippen LogP contribution in [0.25, 0.3) is 27.4 Å². The third-order valence-corrected chi connectivity index (χ3v) is 4.40. The lowest BCUT2D eigenvalue weighted by Crippen LogP contribution is -2.19. The first-order chi connectivity index (χ1) is 11.7. The van der Waals surface area contributed by atoms with Crippen molar-refractivity contribution in [2.45, 2.75) is 0 Å². The number of pyridine rings is 1. The quantitative estimate of drug-likeness (QED) is 0.492. The minimum absolute atomic E-state index is 0.0927. The van der Waals surface area contributed by atoms with Crippen molar-refractivity contribution < 1.29 is 4.74 Å². The van der Waals surface area contributed by atoms with E-state index in [0.29, 0.717) is 16.2 Å². The molecule has 1 aromatic heterocycles. The van der Waals surface area contributed by atoms with E-state index in [1.54, 1.807) is 17.7 Å². The summed E-state index contributed by atoms with van der Waals surface area (Å²) in [5.41, 5.74) is 1.50. The van der Waals surface area contributed by atoms with Crippen molar-refractivity contribution in [3.8, 4) is 11.4 Å². The van der Waals surface area contributed by atoms with Crippen LogP contribution in [0, 0.1) is 0 Å². The van der Waals surface area contributed by atoms with Gasteiger partial charge in [0, 0.05) is 16.1 Å². The molecule has 0 bridgehead atoms. The molecule has 118 valence electrons. The zero-order chi connectivity index (χ0) is 16.7. The van der Waals surface area contributed by atoms with Crippen LogP contribution in [0.2, 0.25) is 5.02 Å². The molecule has 4 aromatic rings. The van der Waals surface area contributed by atoms with Gasteiger partial charge in [-0.15, -0.1) is 0 Å². The number of methoxy groups -OCH3 is 1. The van der Waals surface area contributed by atoms with Crippen molar-refractivity contribution in [1.82, 2.24) is 4.57 Å². The van der Waals surface area contributed by atoms with E-state index < -0.39 is 0 Å². The van der Waals surface area contributed by atoms with Gasteiger partial charge in [-0.2, -0.15) is 0 Å². The second-order valence-corrected chi connectivity index (χ2v) is 5.99. The summed E-state index contributed by atoms with van der Waals surface area (Å²) in [6.07, 6.45) is 0. The van der Waals surface area contributed by atoms with Gasteiger partial charge in [-0.05, 0) is 47.9 Å². The number of hydrogen-bond acceptors (Lipinski definition) is 2. The second-order valence-electron chi connectivity index (χ2n) is 5.55. The number of halogens is 1. The Morgan fingerprint density at radius 1 is 0.875 bits per heavy atom. The van der Waals surface area contributed by atoms with E-state index in [2.05, 4.69) is 0 Å². The van der Waals surface area contributed by atoms with Crippen molar-refractivity contribution >= 4 is 33.3 Å². The van der Waals surface area contributed by atoms with Gasteiger partial charge >= 0.3 is 0 Å². The number of ether oxygens (including phenoxy) is 1. The first kappa shape index (κ1) is 14.8. The molecule has 0 aliphatic heterocycles. The molecule has 0 saturated carbocycles. The van der Waals surface area contributed by atoms with E-state index in [1.807, 2.05) is 60.7 Å². The molecule has 0 N–H and O–H groups in total. The average molecular weight is 336 g/mol. The third kappa shape index (κ3) is 2.25. The fourth-order valence-electron chi connectivity index (χ4n) is 3.04. The molecule has 0 atom stereocenters. The summed E-state index contributed by atoms with van der Waals surface area (Å²) in [4.78, 5) is 13.2. The normalized spacial score (nSPS) is 11.1. The molecule has 0 radical (unpaired) electrons. The highest BCUT2D eigenvalue weighted by Crippen LogP contribution is 2.29. The molecule has 1 heterocycles. The van der Waals surface area contributed by atoms with E-state index in [0.717, 1.165) is 22.0 Å². The molecule has 4 rings (SSSR count). The van der Waals surface area contributed by atoms with Crippen LogP contribution in [0.1, 0.15) is 0 Å². The number of fused-ring (bicyclic) bond motifs is 3. The van der Waals surface area contributed by atoms with Crippen molar-refractivity contribution in [2.24, 2.45) is 0 Å². The molecule has 4 heteroatoms. The Bertz CT molecular complexity index is 1120. The van der Waals surface area contributed by atoms with Gasteiger partial charge in [0.25, 0.3) is 5.56 Å². The van der Waals surface area contributed by atoms with E-state index in [9.17, 15) is 4.79 Å². The van der Waals surface area contributed by atoms with Crippen molar-refractivity contribution in [3.05, 3.63) is 82.1 Å². The maximum atomic E-state index is 13.2. The van der Waals surface area contributed by atoms with Gasteiger partial charge in [0.05, 0.1) is 18.0 Å². The summed E-state index contributed by atoms with van der Waals surface area (Å²) in [6.45, 7) is 0. The molecule has 3 nitrogen and oxygen atoms in total. The molecule has 0 aliphatic rings. The van der Waals surface area contributed by atoms with Gasteiger partial charge in [0.2, 0.25) is 0 Å². The summed E-state index contributed by atoms with van der Waals surface area (Å²) < 4.78 is 6.98. The summed E-state index contributed by atoms with van der Waals surface area (Å²) >= 11 is 6.19. The molecular weight excluding hydrogens is 322 g/mol. The number of hydrogen-bond donors (Lipinski definition) is 0. The number of aromatic nitrogens is 1. The van der Waals surface area contributed by atoms with E-state index in [-0.39, 0.29) is 5.56 Å². The Balaban J connectivity index is 2.25. The predicted molar refractivity (Wildman–Crippen MR) is 98.6 cm³/mol. The van der Waals surface area contributed by atoms with Crippen LogP contribution < -0.4 is 10.3 Å². The van der Waals surface area contributed by atoms with Gasteiger partial charge in [-0.3, -0.25) is 9.36 Å². The third-order valence-electron chi connectivity index (χ3n) is 4.17. The van der Waals surface area contributed by atoms with Gasteiger partial charge in [0.15, 0.2) is 0 Å². The second kappa shape index (κ2) is 5.69. The lowest BCUT2D eigenvalue weighted by Gasteiger charge is -2.14. The average Bonchev–Trinajstić information content (AvgIpc) is 2.62. The maximum absolute atomic E-state index is 13.2. The SMILES string of the molecule is COc1ccc2c(c1)c(=O)n(-c1ccccc1)c1cc(Cl)ccc21. The fraction of sp³-hybridized carbons (Fsp3) is 0.0500. The Kier molecular flexibility index (Phi) is 3.51. The monoisotopic (exact) mass is 335 g/mol. The van der Waals surface area contributed by atoms with Gasteiger partial charge in [-0.25, -0.2) is 0 Å². The minimum atomic E-state index is -0.0927. The molecular formula is C20H14ClNO2. The molecule has 0 amide bonds. The van der Waals surface area contributed by atoms with Crippen molar-refractivity contribution in [3.63, 3.8) is 0 Å². The van der Waals surface area contributed by atoms with E-state index >= 15 is 0 Å². The van der Waals surface area contributed by atoms with Gasteiger partial charge in [0.1, 0.15) is 5.75 Å². The highest BCUT2D eigenvalue weighted by Gasteiger charge is 2.13. The fourth-order valence-corrected chi connectivity index (χ4v) is 3.21. The largest absolute Gasteiger partial charge is 0.497 e. The van der Waals surface area contributed by atoms with Crippen molar-refractivity contribution in [1.29, 1.82) is 0 Å². The zero-order valence-electron chi connectivity index (χ0n) is 13.0. The Hall–Kier alpha value is -2.78. The van der Waals surface area contributed by atoms with Crippen LogP contribution in [-0.4, -0.2) is 11.7 Å². The lowest BCUT2D eigenvalue weighted by molar-refractivity contribution is 0.415. The molecule has 0 fully saturated rings. The minimum Gasteiger partial charge on any atom is -0.497 e. The molecule has 0 saturated heterocycles. The van der Waals surface area contributed by atoms with Crippen LogP contribution in [0.4, 0.5) is 0 Å². The van der Waals surface area contributed by atoms with Crippen LogP contribution in [-0.2, 0) is 0 Å². The highest BCUT2D eigenvalue weighted by molar-refractivity contribution is 6.31. The molecule has 24 heavy (non-hydrogen) atoms. The Morgan fingerprint density at radius 2 is 1.62 bits per heavy atom. The number of para-hydroxylation sites is 1. The van der Waals surface area contributed by atoms with Gasteiger partial charge in [-0.1, -0.05) is 35.9 Å². The topological polar surface area (TPSA) is 31.2 Å². The predicted octanol–water partition coefficient (Wildman–Crippen LogP) is 4.81. The maximum Gasteiger partial charge on any atom is 0.263 e. The Labute approximate surface area is 143 Å². The number of rotatable bonds is 2. The highest BCUT2D eigenvalue weighted by atomic mass is 35.5. The first-order valence-electron chi connectivity index (χ1n) is 7.56. The van der Waals surface area contributed by atoms with Crippen LogP contribution in [0.5, 0.6) is 5.75 Å². The van der Waals surface area contributed by atoms with Gasteiger partial charge < -0.3 is 4.74 Å². The Morgan fingerprint density at radius 3 is 2.38 bits per heavy atom. The van der Waals surface area contributed by atoms with Crippen LogP contribution in [0.3, 0.4) is 0 Å². The number of nitrogens with zero attached hydrogens (tertiary/aromatic N) is 1. The zero-order valence-corrected chi connectivity index (χ0v) is 13.7. The summed E-state index contributed by atoms with van der Waals surface area (Å²) in [7, 11) is 1.59. The summed E-state index contributed by atoms with van der Waals surface area (Å²) in [5.74, 6) is 0.660. The molecule has 0 unspecified atom stereocenters. The molecule has 3 aromatic carbocycles. The standard InChI is InChI=1S/C20H14ClNO2/c1-24-15-8-10-16-17-9-7-13(21)11-19(17)22(20(23)18(16)12-15)14-5-3-2-4-6-14/h2-12H,1H3. The smallest absolute Gasteiger partial charge is 0.263 e. The van der Waals surface area contributed by atoms with Crippen LogP contribution in [0.15, 0.2) is 71.5 Å². The summed E-state index contributed by atoms with van der Waals surface area (Å²) in [6, 6.07) is 20.7. The summed E-state index contributed by atoms with van der Waals surface area (Å²) in [5, 5.41) is 3.08. The van der Waals surface area contributed by atoms with Crippen LogP contribution >= 0.6 is 11.6 Å². The molecule has 0 spiro atoms. The first-order valence-corrected chi connectivity index (χ1v) is 7.94. The van der Waals surface area contributed by atoms with Crippen molar-refractivity contribution in [2.75, 3.05) is 7.11 Å².